The second kappa shape index (κ2) is 10.0. The number of nitrogens with one attached hydrogen (secondary N) is 2. The number of methoxy groups -OCH3 is 1. The lowest BCUT2D eigenvalue weighted by Gasteiger charge is -2.23. The van der Waals surface area contributed by atoms with Crippen LogP contribution in [0, 0.1) is 6.92 Å². The van der Waals surface area contributed by atoms with Crippen LogP contribution in [0.25, 0.3) is 0 Å². The Morgan fingerprint density at radius 2 is 1.91 bits per heavy atom. The molecule has 2 N–H and O–H groups in total. The van der Waals surface area contributed by atoms with Gasteiger partial charge in [-0.1, -0.05) is 12.1 Å². The molecule has 0 saturated heterocycles. The van der Waals surface area contributed by atoms with Gasteiger partial charge in [0.25, 0.3) is 5.91 Å². The van der Waals surface area contributed by atoms with Crippen LogP contribution in [0.3, 0.4) is 0 Å². The summed E-state index contributed by atoms with van der Waals surface area (Å²) in [4.78, 5) is 25.1. The van der Waals surface area contributed by atoms with Crippen molar-refractivity contribution < 1.29 is 22.7 Å². The van der Waals surface area contributed by atoms with Crippen molar-refractivity contribution in [3.05, 3.63) is 54.1 Å². The molecular weight excluding hydrogens is 432 g/mol. The van der Waals surface area contributed by atoms with E-state index < -0.39 is 15.9 Å². The standard InChI is InChI=1S/C22H26N4O5S/c1-15-5-4-6-18(13-15)26-21(27)12-11-20(24-26)22(28)23-17-7-9-19(10-8-17)32(29,30)25-16(2)14-31-3/h4-10,13,16,25H,11-12,14H2,1-3H3,(H,23,28). The number of carbonyl (C=O) groups is 2. The summed E-state index contributed by atoms with van der Waals surface area (Å²) >= 11 is 0. The first kappa shape index (κ1) is 23.6. The predicted molar refractivity (Wildman–Crippen MR) is 122 cm³/mol. The summed E-state index contributed by atoms with van der Waals surface area (Å²) in [5, 5.41) is 8.20. The molecule has 10 heteroatoms. The van der Waals surface area contributed by atoms with E-state index in [1.165, 1.54) is 36.4 Å². The van der Waals surface area contributed by atoms with E-state index >= 15 is 0 Å². The number of amides is 2. The molecule has 0 fully saturated rings. The van der Waals surface area contributed by atoms with Gasteiger partial charge in [0, 0.05) is 31.7 Å². The molecule has 9 nitrogen and oxygen atoms in total. The summed E-state index contributed by atoms with van der Waals surface area (Å²) in [5.41, 5.74) is 2.21. The van der Waals surface area contributed by atoms with Gasteiger partial charge in [0.2, 0.25) is 15.9 Å². The fourth-order valence-electron chi connectivity index (χ4n) is 3.22. The van der Waals surface area contributed by atoms with Crippen molar-refractivity contribution in [1.29, 1.82) is 0 Å². The smallest absolute Gasteiger partial charge is 0.271 e. The van der Waals surface area contributed by atoms with Gasteiger partial charge in [-0.15, -0.1) is 0 Å². The van der Waals surface area contributed by atoms with E-state index in [1.807, 2.05) is 25.1 Å². The van der Waals surface area contributed by atoms with Crippen LogP contribution in [0.5, 0.6) is 0 Å². The Bertz CT molecular complexity index is 1130. The highest BCUT2D eigenvalue weighted by atomic mass is 32.2. The van der Waals surface area contributed by atoms with Gasteiger partial charge < -0.3 is 10.1 Å². The van der Waals surface area contributed by atoms with Gasteiger partial charge in [-0.25, -0.2) is 18.1 Å². The van der Waals surface area contributed by atoms with Gasteiger partial charge in [-0.2, -0.15) is 5.10 Å². The van der Waals surface area contributed by atoms with Crippen LogP contribution < -0.4 is 15.0 Å². The first-order valence-corrected chi connectivity index (χ1v) is 11.6. The highest BCUT2D eigenvalue weighted by molar-refractivity contribution is 7.89. The Morgan fingerprint density at radius 1 is 1.19 bits per heavy atom. The number of ether oxygens (including phenoxy) is 1. The molecule has 3 rings (SSSR count). The van der Waals surface area contributed by atoms with Gasteiger partial charge in [-0.3, -0.25) is 9.59 Å². The fraction of sp³-hybridized carbons (Fsp3) is 0.318. The largest absolute Gasteiger partial charge is 0.383 e. The minimum atomic E-state index is -3.71. The Labute approximate surface area is 187 Å². The Kier molecular flexibility index (Phi) is 7.39. The topological polar surface area (TPSA) is 117 Å². The predicted octanol–water partition coefficient (Wildman–Crippen LogP) is 2.43. The highest BCUT2D eigenvalue weighted by Crippen LogP contribution is 2.22. The van der Waals surface area contributed by atoms with Crippen LogP contribution in [0.15, 0.2) is 58.5 Å². The number of rotatable bonds is 8. The van der Waals surface area contributed by atoms with Crippen molar-refractivity contribution in [3.8, 4) is 0 Å². The normalized spacial score (nSPS) is 15.3. The molecule has 170 valence electrons. The maximum atomic E-state index is 12.7. The summed E-state index contributed by atoms with van der Waals surface area (Å²) in [5.74, 6) is -0.630. The van der Waals surface area contributed by atoms with Gasteiger partial charge >= 0.3 is 0 Å². The second-order valence-electron chi connectivity index (χ2n) is 7.55. The SMILES string of the molecule is COCC(C)NS(=O)(=O)c1ccc(NC(=O)C2=NN(c3cccc(C)c3)C(=O)CC2)cc1. The van der Waals surface area contributed by atoms with Crippen LogP contribution in [0.4, 0.5) is 11.4 Å². The second-order valence-corrected chi connectivity index (χ2v) is 9.26. The van der Waals surface area contributed by atoms with E-state index in [-0.39, 0.29) is 42.0 Å². The van der Waals surface area contributed by atoms with Gasteiger partial charge in [-0.05, 0) is 55.8 Å². The molecule has 32 heavy (non-hydrogen) atoms. The van der Waals surface area contributed by atoms with Gasteiger partial charge in [0.15, 0.2) is 0 Å². The third-order valence-electron chi connectivity index (χ3n) is 4.74. The summed E-state index contributed by atoms with van der Waals surface area (Å²) < 4.78 is 32.3. The summed E-state index contributed by atoms with van der Waals surface area (Å²) in [6, 6.07) is 12.7. The minimum absolute atomic E-state index is 0.0738. The zero-order valence-electron chi connectivity index (χ0n) is 18.2. The molecule has 1 unspecified atom stereocenters. The van der Waals surface area contributed by atoms with E-state index in [0.29, 0.717) is 11.4 Å². The molecule has 2 aromatic rings. The minimum Gasteiger partial charge on any atom is -0.383 e. The molecule has 0 bridgehead atoms. The first-order valence-electron chi connectivity index (χ1n) is 10.1. The molecule has 0 aromatic heterocycles. The van der Waals surface area contributed by atoms with Gasteiger partial charge in [0.1, 0.15) is 5.71 Å². The highest BCUT2D eigenvalue weighted by Gasteiger charge is 2.26. The Balaban J connectivity index is 1.71. The van der Waals surface area contributed by atoms with Crippen molar-refractivity contribution in [2.45, 2.75) is 37.6 Å². The summed E-state index contributed by atoms with van der Waals surface area (Å²) in [7, 11) is -2.21. The van der Waals surface area contributed by atoms with Crippen molar-refractivity contribution in [1.82, 2.24) is 4.72 Å². The number of hydrazone groups is 1. The average molecular weight is 459 g/mol. The van der Waals surface area contributed by atoms with Crippen LogP contribution in [0.2, 0.25) is 0 Å². The molecule has 0 saturated carbocycles. The van der Waals surface area contributed by atoms with Crippen molar-refractivity contribution in [2.24, 2.45) is 5.10 Å². The fourth-order valence-corrected chi connectivity index (χ4v) is 4.44. The van der Waals surface area contributed by atoms with Crippen LogP contribution >= 0.6 is 0 Å². The molecular formula is C22H26N4O5S. The maximum absolute atomic E-state index is 12.7. The van der Waals surface area contributed by atoms with Gasteiger partial charge in [0.05, 0.1) is 17.2 Å². The third kappa shape index (κ3) is 5.78. The number of sulfonamides is 1. The number of hydrogen-bond acceptors (Lipinski definition) is 6. The lowest BCUT2D eigenvalue weighted by Crippen LogP contribution is -2.36. The van der Waals surface area contributed by atoms with Crippen LogP contribution in [0.1, 0.15) is 25.3 Å². The molecule has 2 aromatic carbocycles. The van der Waals surface area contributed by atoms with E-state index in [0.717, 1.165) is 5.56 Å². The molecule has 1 heterocycles. The Morgan fingerprint density at radius 3 is 2.56 bits per heavy atom. The third-order valence-corrected chi connectivity index (χ3v) is 6.34. The molecule has 2 amide bonds. The number of nitrogens with zero attached hydrogens (tertiary/aromatic N) is 2. The average Bonchev–Trinajstić information content (AvgIpc) is 2.74. The van der Waals surface area contributed by atoms with E-state index in [4.69, 9.17) is 4.74 Å². The van der Waals surface area contributed by atoms with Crippen LogP contribution in [-0.4, -0.2) is 45.7 Å². The van der Waals surface area contributed by atoms with E-state index in [2.05, 4.69) is 15.1 Å². The number of aryl methyl sites for hydroxylation is 1. The number of anilines is 2. The van der Waals surface area contributed by atoms with Crippen molar-refractivity contribution in [2.75, 3.05) is 24.0 Å². The zero-order chi connectivity index (χ0) is 23.3. The number of hydrogen-bond donors (Lipinski definition) is 2. The maximum Gasteiger partial charge on any atom is 0.271 e. The first-order chi connectivity index (χ1) is 15.2. The quantitative estimate of drug-likeness (QED) is 0.630. The number of benzene rings is 2. The van der Waals surface area contributed by atoms with Crippen molar-refractivity contribution in [3.63, 3.8) is 0 Å². The molecule has 0 aliphatic carbocycles. The van der Waals surface area contributed by atoms with E-state index in [9.17, 15) is 18.0 Å². The lowest BCUT2D eigenvalue weighted by molar-refractivity contribution is -0.118. The van der Waals surface area contributed by atoms with E-state index in [1.54, 1.807) is 13.0 Å². The lowest BCUT2D eigenvalue weighted by atomic mass is 10.1. The molecule has 1 aliphatic heterocycles. The monoisotopic (exact) mass is 458 g/mol. The molecule has 0 spiro atoms. The molecule has 0 radical (unpaired) electrons. The summed E-state index contributed by atoms with van der Waals surface area (Å²) in [6.45, 7) is 3.86. The van der Waals surface area contributed by atoms with Crippen molar-refractivity contribution >= 4 is 38.9 Å². The zero-order valence-corrected chi connectivity index (χ0v) is 19.0. The number of carbonyl (C=O) groups excluding carboxylic acids is 2. The summed E-state index contributed by atoms with van der Waals surface area (Å²) in [6.07, 6.45) is 0.392. The Hall–Kier alpha value is -3.08. The molecule has 1 aliphatic rings. The molecule has 1 atom stereocenters. The van der Waals surface area contributed by atoms with Crippen LogP contribution in [-0.2, 0) is 24.3 Å².